The first kappa shape index (κ1) is 17.1. The van der Waals surface area contributed by atoms with Crippen LogP contribution in [0.15, 0.2) is 34.1 Å². The fourth-order valence-corrected chi connectivity index (χ4v) is 3.43. The van der Waals surface area contributed by atoms with Gasteiger partial charge in [-0.25, -0.2) is 26.3 Å². The number of primary sulfonamides is 1. The SMILES string of the molecule is COCCCN(C)S(=O)(=O)c1cccc(S(N)(=O)=O)c1. The van der Waals surface area contributed by atoms with Crippen molar-refractivity contribution in [2.75, 3.05) is 27.3 Å². The third-order valence-electron chi connectivity index (χ3n) is 2.66. The normalized spacial score (nSPS) is 12.8. The summed E-state index contributed by atoms with van der Waals surface area (Å²) in [5.41, 5.74) is 0. The Kier molecular flexibility index (Phi) is 5.66. The van der Waals surface area contributed by atoms with E-state index in [9.17, 15) is 16.8 Å². The van der Waals surface area contributed by atoms with Gasteiger partial charge >= 0.3 is 0 Å². The molecule has 0 amide bonds. The third-order valence-corrected chi connectivity index (χ3v) is 5.43. The number of nitrogens with two attached hydrogens (primary N) is 1. The Balaban J connectivity index is 3.04. The molecule has 9 heteroatoms. The third kappa shape index (κ3) is 4.25. The van der Waals surface area contributed by atoms with Crippen LogP contribution in [0.3, 0.4) is 0 Å². The van der Waals surface area contributed by atoms with Gasteiger partial charge in [0, 0.05) is 27.3 Å². The summed E-state index contributed by atoms with van der Waals surface area (Å²) in [5, 5.41) is 4.99. The summed E-state index contributed by atoms with van der Waals surface area (Å²) in [4.78, 5) is -0.340. The van der Waals surface area contributed by atoms with Crippen LogP contribution in [0.2, 0.25) is 0 Å². The molecule has 0 radical (unpaired) electrons. The molecule has 0 bridgehead atoms. The van der Waals surface area contributed by atoms with E-state index in [0.717, 1.165) is 10.4 Å². The van der Waals surface area contributed by atoms with Crippen molar-refractivity contribution in [3.05, 3.63) is 24.3 Å². The molecule has 1 rings (SSSR count). The van der Waals surface area contributed by atoms with Gasteiger partial charge in [-0.05, 0) is 24.6 Å². The average Bonchev–Trinajstić information content (AvgIpc) is 2.38. The Morgan fingerprint density at radius 3 is 2.35 bits per heavy atom. The molecule has 0 atom stereocenters. The predicted molar refractivity (Wildman–Crippen MR) is 74.1 cm³/mol. The maximum absolute atomic E-state index is 12.3. The first-order chi connectivity index (χ1) is 9.19. The summed E-state index contributed by atoms with van der Waals surface area (Å²) in [6, 6.07) is 4.98. The highest BCUT2D eigenvalue weighted by Crippen LogP contribution is 2.18. The first-order valence-corrected chi connectivity index (χ1v) is 8.76. The lowest BCUT2D eigenvalue weighted by molar-refractivity contribution is 0.189. The zero-order valence-corrected chi connectivity index (χ0v) is 12.9. The number of sulfonamides is 2. The second-order valence-electron chi connectivity index (χ2n) is 4.19. The standard InChI is InChI=1S/C11H18N2O5S2/c1-13(7-4-8-18-2)20(16,17)11-6-3-5-10(9-11)19(12,14)15/h3,5-6,9H,4,7-8H2,1-2H3,(H2,12,14,15). The Morgan fingerprint density at radius 2 is 1.80 bits per heavy atom. The molecule has 2 N–H and O–H groups in total. The molecule has 1 aromatic carbocycles. The van der Waals surface area contributed by atoms with Crippen LogP contribution < -0.4 is 5.14 Å². The number of hydrogen-bond acceptors (Lipinski definition) is 5. The summed E-state index contributed by atoms with van der Waals surface area (Å²) >= 11 is 0. The van der Waals surface area contributed by atoms with Gasteiger partial charge in [0.15, 0.2) is 0 Å². The Hall–Kier alpha value is -1.00. The maximum atomic E-state index is 12.3. The quantitative estimate of drug-likeness (QED) is 0.711. The molecule has 0 unspecified atom stereocenters. The summed E-state index contributed by atoms with van der Waals surface area (Å²) in [6.45, 7) is 0.715. The van der Waals surface area contributed by atoms with Gasteiger partial charge in [0.1, 0.15) is 0 Å². The topological polar surface area (TPSA) is 107 Å². The highest BCUT2D eigenvalue weighted by molar-refractivity contribution is 7.90. The first-order valence-electron chi connectivity index (χ1n) is 5.77. The van der Waals surface area contributed by atoms with Crippen LogP contribution >= 0.6 is 0 Å². The second-order valence-corrected chi connectivity index (χ2v) is 7.80. The van der Waals surface area contributed by atoms with Gasteiger partial charge in [-0.2, -0.15) is 0 Å². The van der Waals surface area contributed by atoms with Crippen molar-refractivity contribution in [3.63, 3.8) is 0 Å². The van der Waals surface area contributed by atoms with Gasteiger partial charge in [-0.15, -0.1) is 0 Å². The highest BCUT2D eigenvalue weighted by Gasteiger charge is 2.22. The van der Waals surface area contributed by atoms with Crippen LogP contribution in [0.5, 0.6) is 0 Å². The van der Waals surface area contributed by atoms with Crippen molar-refractivity contribution in [1.82, 2.24) is 4.31 Å². The lowest BCUT2D eigenvalue weighted by Gasteiger charge is -2.17. The van der Waals surface area contributed by atoms with E-state index in [1.54, 1.807) is 0 Å². The van der Waals surface area contributed by atoms with Crippen molar-refractivity contribution in [2.45, 2.75) is 16.2 Å². The Labute approximate surface area is 119 Å². The molecule has 1 aromatic rings. The Morgan fingerprint density at radius 1 is 1.20 bits per heavy atom. The van der Waals surface area contributed by atoms with Crippen molar-refractivity contribution < 1.29 is 21.6 Å². The highest BCUT2D eigenvalue weighted by atomic mass is 32.2. The summed E-state index contributed by atoms with van der Waals surface area (Å²) < 4.78 is 53.0. The van der Waals surface area contributed by atoms with Crippen LogP contribution in [-0.4, -0.2) is 48.4 Å². The molecule has 0 saturated carbocycles. The summed E-state index contributed by atoms with van der Waals surface area (Å²) in [7, 11) is -4.72. The van der Waals surface area contributed by atoms with Crippen LogP contribution in [0.1, 0.15) is 6.42 Å². The van der Waals surface area contributed by atoms with E-state index < -0.39 is 20.0 Å². The van der Waals surface area contributed by atoms with E-state index >= 15 is 0 Å². The van der Waals surface area contributed by atoms with Gasteiger partial charge < -0.3 is 4.74 Å². The van der Waals surface area contributed by atoms with E-state index in [4.69, 9.17) is 9.88 Å². The Bertz CT molecular complexity index is 655. The average molecular weight is 322 g/mol. The monoisotopic (exact) mass is 322 g/mol. The molecule has 0 spiro atoms. The van der Waals surface area contributed by atoms with Crippen LogP contribution in [-0.2, 0) is 24.8 Å². The smallest absolute Gasteiger partial charge is 0.242 e. The number of rotatable bonds is 7. The molecule has 0 aromatic heterocycles. The molecule has 0 aliphatic rings. The number of nitrogens with zero attached hydrogens (tertiary/aromatic N) is 1. The molecule has 7 nitrogen and oxygen atoms in total. The molecule has 0 heterocycles. The number of methoxy groups -OCH3 is 1. The van der Waals surface area contributed by atoms with Crippen molar-refractivity contribution in [1.29, 1.82) is 0 Å². The van der Waals surface area contributed by atoms with Gasteiger partial charge in [0.05, 0.1) is 9.79 Å². The van der Waals surface area contributed by atoms with Crippen LogP contribution in [0.4, 0.5) is 0 Å². The van der Waals surface area contributed by atoms with E-state index in [0.29, 0.717) is 13.0 Å². The van der Waals surface area contributed by atoms with E-state index in [1.807, 2.05) is 0 Å². The number of benzene rings is 1. The van der Waals surface area contributed by atoms with Crippen molar-refractivity contribution in [3.8, 4) is 0 Å². The van der Waals surface area contributed by atoms with Gasteiger partial charge in [-0.1, -0.05) is 6.07 Å². The lowest BCUT2D eigenvalue weighted by atomic mass is 10.4. The van der Waals surface area contributed by atoms with Crippen molar-refractivity contribution >= 4 is 20.0 Å². The minimum absolute atomic E-state index is 0.107. The molecule has 0 aliphatic carbocycles. The van der Waals surface area contributed by atoms with Gasteiger partial charge in [-0.3, -0.25) is 0 Å². The molecule has 0 fully saturated rings. The summed E-state index contributed by atoms with van der Waals surface area (Å²) in [5.74, 6) is 0. The minimum atomic E-state index is -3.94. The molecule has 0 saturated heterocycles. The molecule has 114 valence electrons. The zero-order chi connectivity index (χ0) is 15.4. The maximum Gasteiger partial charge on any atom is 0.242 e. The zero-order valence-electron chi connectivity index (χ0n) is 11.3. The fraction of sp³-hybridized carbons (Fsp3) is 0.455. The van der Waals surface area contributed by atoms with E-state index in [-0.39, 0.29) is 16.3 Å². The summed E-state index contributed by atoms with van der Waals surface area (Å²) in [6.07, 6.45) is 0.543. The largest absolute Gasteiger partial charge is 0.385 e. The van der Waals surface area contributed by atoms with Crippen LogP contribution in [0.25, 0.3) is 0 Å². The molecular formula is C11H18N2O5S2. The van der Waals surface area contributed by atoms with Crippen molar-refractivity contribution in [2.24, 2.45) is 5.14 Å². The minimum Gasteiger partial charge on any atom is -0.385 e. The van der Waals surface area contributed by atoms with E-state index in [2.05, 4.69) is 0 Å². The van der Waals surface area contributed by atoms with E-state index in [1.165, 1.54) is 32.4 Å². The molecule has 20 heavy (non-hydrogen) atoms. The molecular weight excluding hydrogens is 304 g/mol. The molecule has 0 aliphatic heterocycles. The lowest BCUT2D eigenvalue weighted by Crippen LogP contribution is -2.28. The second kappa shape index (κ2) is 6.64. The van der Waals surface area contributed by atoms with Gasteiger partial charge in [0.25, 0.3) is 0 Å². The van der Waals surface area contributed by atoms with Gasteiger partial charge in [0.2, 0.25) is 20.0 Å². The number of hydrogen-bond donors (Lipinski definition) is 1. The fourth-order valence-electron chi connectivity index (χ4n) is 1.54. The number of ether oxygens (including phenoxy) is 1. The van der Waals surface area contributed by atoms with Crippen LogP contribution in [0, 0.1) is 0 Å². The predicted octanol–water partition coefficient (Wildman–Crippen LogP) is -0.00900.